The molecule has 1 aromatic rings. The van der Waals surface area contributed by atoms with Crippen LogP contribution in [0, 0.1) is 0 Å². The van der Waals surface area contributed by atoms with Gasteiger partial charge in [0.05, 0.1) is 10.6 Å². The Bertz CT molecular complexity index is 482. The molecule has 0 bridgehead atoms. The highest BCUT2D eigenvalue weighted by molar-refractivity contribution is 9.10. The first-order valence-electron chi connectivity index (χ1n) is 7.31. The van der Waals surface area contributed by atoms with Crippen molar-refractivity contribution in [2.75, 3.05) is 18.8 Å². The molecule has 1 aromatic heterocycles. The van der Waals surface area contributed by atoms with Crippen molar-refractivity contribution in [2.24, 2.45) is 0 Å². The number of halogens is 1. The van der Waals surface area contributed by atoms with Crippen molar-refractivity contribution in [3.05, 3.63) is 20.8 Å². The molecule has 2 rings (SSSR count). The molecular weight excluding hydrogens is 368 g/mol. The molecule has 1 unspecified atom stereocenters. The van der Waals surface area contributed by atoms with Crippen molar-refractivity contribution < 1.29 is 4.79 Å². The predicted molar refractivity (Wildman–Crippen MR) is 95.9 cm³/mol. The minimum atomic E-state index is 0.174. The van der Waals surface area contributed by atoms with Crippen LogP contribution >= 0.6 is 39.0 Å². The summed E-state index contributed by atoms with van der Waals surface area (Å²) in [7, 11) is 0. The van der Waals surface area contributed by atoms with Crippen LogP contribution in [0.2, 0.25) is 0 Å². The summed E-state index contributed by atoms with van der Waals surface area (Å²) in [5.41, 5.74) is 0. The lowest BCUT2D eigenvalue weighted by Gasteiger charge is -2.33. The lowest BCUT2D eigenvalue weighted by Crippen LogP contribution is -2.43. The van der Waals surface area contributed by atoms with Crippen LogP contribution in [0.5, 0.6) is 0 Å². The van der Waals surface area contributed by atoms with E-state index >= 15 is 0 Å². The largest absolute Gasteiger partial charge is 0.324 e. The first-order valence-corrected chi connectivity index (χ1v) is 10.0. The maximum atomic E-state index is 12.2. The Labute approximate surface area is 144 Å². The molecule has 2 heterocycles. The zero-order valence-corrected chi connectivity index (χ0v) is 16.2. The molecular formula is C15H23BrN2OS2. The summed E-state index contributed by atoms with van der Waals surface area (Å²) in [4.78, 5) is 18.0. The lowest BCUT2D eigenvalue weighted by atomic mass is 10.2. The number of nitrogens with zero attached hydrogens (tertiary/aromatic N) is 2. The summed E-state index contributed by atoms with van der Waals surface area (Å²) in [5.74, 6) is 0.857. The average molecular weight is 391 g/mol. The first kappa shape index (κ1) is 17.3. The molecule has 0 N–H and O–H groups in total. The summed E-state index contributed by atoms with van der Waals surface area (Å²) in [5, 5.41) is 2.25. The van der Waals surface area contributed by atoms with Crippen molar-refractivity contribution in [1.82, 2.24) is 9.80 Å². The van der Waals surface area contributed by atoms with E-state index < -0.39 is 0 Å². The fourth-order valence-electron chi connectivity index (χ4n) is 2.73. The van der Waals surface area contributed by atoms with E-state index in [1.807, 2.05) is 4.90 Å². The second kappa shape index (κ2) is 7.49. The van der Waals surface area contributed by atoms with E-state index in [-0.39, 0.29) is 11.3 Å². The van der Waals surface area contributed by atoms with E-state index in [4.69, 9.17) is 0 Å². The second-order valence-corrected chi connectivity index (χ2v) is 8.68. The summed E-state index contributed by atoms with van der Waals surface area (Å²) in [6, 6.07) is 3.07. The van der Waals surface area contributed by atoms with Crippen molar-refractivity contribution in [3.63, 3.8) is 0 Å². The van der Waals surface area contributed by atoms with Crippen LogP contribution in [0.4, 0.5) is 0 Å². The van der Waals surface area contributed by atoms with Crippen molar-refractivity contribution >= 4 is 44.9 Å². The first-order chi connectivity index (χ1) is 9.91. The highest BCUT2D eigenvalue weighted by Gasteiger charge is 2.34. The van der Waals surface area contributed by atoms with E-state index in [9.17, 15) is 4.79 Å². The lowest BCUT2D eigenvalue weighted by molar-refractivity contribution is -0.128. The Morgan fingerprint density at radius 2 is 2.05 bits per heavy atom. The normalized spacial score (nSPS) is 19.5. The molecule has 1 aliphatic rings. The van der Waals surface area contributed by atoms with Crippen LogP contribution in [0.3, 0.4) is 0 Å². The van der Waals surface area contributed by atoms with Gasteiger partial charge in [0.25, 0.3) is 0 Å². The molecule has 0 aromatic carbocycles. The summed E-state index contributed by atoms with van der Waals surface area (Å²) >= 11 is 7.06. The molecule has 0 radical (unpaired) electrons. The smallest absolute Gasteiger partial charge is 0.233 e. The topological polar surface area (TPSA) is 23.6 Å². The van der Waals surface area contributed by atoms with Crippen LogP contribution in [-0.4, -0.2) is 46.6 Å². The van der Waals surface area contributed by atoms with Gasteiger partial charge in [-0.15, -0.1) is 23.1 Å². The molecule has 3 nitrogen and oxygen atoms in total. The van der Waals surface area contributed by atoms with Crippen LogP contribution < -0.4 is 0 Å². The standard InChI is InChI=1S/C15H23BrN2OS2/c1-10(2)17(11(3)4)6-7-18-13(19)9-21-15(18)14-12(16)5-8-20-14/h5,8,10-11,15H,6-7,9H2,1-4H3. The highest BCUT2D eigenvalue weighted by atomic mass is 79.9. The maximum Gasteiger partial charge on any atom is 0.233 e. The highest BCUT2D eigenvalue weighted by Crippen LogP contribution is 2.43. The van der Waals surface area contributed by atoms with Crippen molar-refractivity contribution in [3.8, 4) is 0 Å². The molecule has 1 saturated heterocycles. The van der Waals surface area contributed by atoms with Gasteiger partial charge in [0.15, 0.2) is 0 Å². The molecule has 1 amide bonds. The van der Waals surface area contributed by atoms with E-state index in [1.54, 1.807) is 23.1 Å². The van der Waals surface area contributed by atoms with Crippen molar-refractivity contribution in [1.29, 1.82) is 0 Å². The number of carbonyl (C=O) groups is 1. The minimum absolute atomic E-state index is 0.174. The summed E-state index contributed by atoms with van der Waals surface area (Å²) in [6.45, 7) is 10.6. The van der Waals surface area contributed by atoms with E-state index in [0.29, 0.717) is 17.8 Å². The minimum Gasteiger partial charge on any atom is -0.324 e. The molecule has 0 saturated carbocycles. The number of thioether (sulfide) groups is 1. The molecule has 1 fully saturated rings. The third-order valence-corrected chi connectivity index (χ3v) is 7.05. The van der Waals surface area contributed by atoms with Crippen molar-refractivity contribution in [2.45, 2.75) is 45.2 Å². The van der Waals surface area contributed by atoms with Gasteiger partial charge in [-0.3, -0.25) is 9.69 Å². The predicted octanol–water partition coefficient (Wildman–Crippen LogP) is 4.20. The fraction of sp³-hybridized carbons (Fsp3) is 0.667. The Hall–Kier alpha value is -0.0400. The third kappa shape index (κ3) is 4.03. The van der Waals surface area contributed by atoms with Crippen LogP contribution in [0.1, 0.15) is 37.9 Å². The summed E-state index contributed by atoms with van der Waals surface area (Å²) in [6.07, 6.45) is 0. The van der Waals surface area contributed by atoms with Crippen LogP contribution in [-0.2, 0) is 4.79 Å². The van der Waals surface area contributed by atoms with Gasteiger partial charge in [0.2, 0.25) is 5.91 Å². The third-order valence-electron chi connectivity index (χ3n) is 3.76. The molecule has 21 heavy (non-hydrogen) atoms. The summed E-state index contributed by atoms with van der Waals surface area (Å²) < 4.78 is 1.12. The number of carbonyl (C=O) groups excluding carboxylic acids is 1. The van der Waals surface area contributed by atoms with Gasteiger partial charge >= 0.3 is 0 Å². The van der Waals surface area contributed by atoms with Gasteiger partial charge < -0.3 is 4.90 Å². The van der Waals surface area contributed by atoms with Gasteiger partial charge in [0.1, 0.15) is 5.37 Å². The van der Waals surface area contributed by atoms with E-state index in [0.717, 1.165) is 17.6 Å². The maximum absolute atomic E-state index is 12.2. The number of thiophene rings is 1. The number of hydrogen-bond acceptors (Lipinski definition) is 4. The quantitative estimate of drug-likeness (QED) is 0.726. The fourth-order valence-corrected chi connectivity index (χ4v) is 5.98. The van der Waals surface area contributed by atoms with Gasteiger partial charge in [-0.2, -0.15) is 0 Å². The molecule has 6 heteroatoms. The SMILES string of the molecule is CC(C)N(CCN1C(=O)CSC1c1sccc1Br)C(C)C. The molecule has 118 valence electrons. The Morgan fingerprint density at radius 1 is 1.38 bits per heavy atom. The zero-order valence-electron chi connectivity index (χ0n) is 13.0. The Balaban J connectivity index is 2.06. The van der Waals surface area contributed by atoms with Gasteiger partial charge in [0, 0.05) is 29.6 Å². The zero-order chi connectivity index (χ0) is 15.6. The molecule has 0 spiro atoms. The number of hydrogen-bond donors (Lipinski definition) is 0. The van der Waals surface area contributed by atoms with E-state index in [2.05, 4.69) is 60.0 Å². The molecule has 0 aliphatic carbocycles. The van der Waals surface area contributed by atoms with Crippen LogP contribution in [0.25, 0.3) is 0 Å². The monoisotopic (exact) mass is 390 g/mol. The average Bonchev–Trinajstić information content (AvgIpc) is 2.96. The second-order valence-electron chi connectivity index (χ2n) is 5.81. The van der Waals surface area contributed by atoms with E-state index in [1.165, 1.54) is 4.88 Å². The number of rotatable bonds is 6. The van der Waals surface area contributed by atoms with Gasteiger partial charge in [-0.05, 0) is 55.1 Å². The van der Waals surface area contributed by atoms with Gasteiger partial charge in [-0.1, -0.05) is 0 Å². The Morgan fingerprint density at radius 3 is 2.57 bits per heavy atom. The van der Waals surface area contributed by atoms with Gasteiger partial charge in [-0.25, -0.2) is 0 Å². The number of amides is 1. The molecule has 1 atom stereocenters. The van der Waals surface area contributed by atoms with Crippen LogP contribution in [0.15, 0.2) is 15.9 Å². The molecule has 1 aliphatic heterocycles. The Kier molecular flexibility index (Phi) is 6.17.